The van der Waals surface area contributed by atoms with Crippen molar-refractivity contribution >= 4 is 11.8 Å². The highest BCUT2D eigenvalue weighted by Crippen LogP contribution is 2.24. The van der Waals surface area contributed by atoms with Gasteiger partial charge in [0.1, 0.15) is 0 Å². The zero-order valence-electron chi connectivity index (χ0n) is 7.23. The van der Waals surface area contributed by atoms with Crippen LogP contribution >= 0.6 is 11.8 Å². The Hall–Kier alpha value is 0.270. The van der Waals surface area contributed by atoms with Crippen molar-refractivity contribution in [3.8, 4) is 0 Å². The average molecular weight is 174 g/mol. The van der Waals surface area contributed by atoms with E-state index in [1.165, 1.54) is 25.1 Å². The van der Waals surface area contributed by atoms with E-state index in [4.69, 9.17) is 0 Å². The lowest BCUT2D eigenvalue weighted by molar-refractivity contribution is 0.623. The van der Waals surface area contributed by atoms with Gasteiger partial charge in [-0.3, -0.25) is 0 Å². The van der Waals surface area contributed by atoms with Gasteiger partial charge in [0.15, 0.2) is 0 Å². The van der Waals surface area contributed by atoms with Crippen molar-refractivity contribution in [3.63, 3.8) is 0 Å². The van der Waals surface area contributed by atoms with Crippen LogP contribution in [0.4, 0.5) is 0 Å². The van der Waals surface area contributed by atoms with Crippen LogP contribution in [0, 0.1) is 0 Å². The second-order valence-electron chi connectivity index (χ2n) is 2.94. The molecule has 0 aromatic carbocycles. The molecule has 0 amide bonds. The Morgan fingerprint density at radius 1 is 1.45 bits per heavy atom. The van der Waals surface area contributed by atoms with E-state index in [9.17, 15) is 0 Å². The summed E-state index contributed by atoms with van der Waals surface area (Å²) < 4.78 is 0. The molecule has 2 N–H and O–H groups in total. The summed E-state index contributed by atoms with van der Waals surface area (Å²) in [4.78, 5) is 0. The first-order chi connectivity index (χ1) is 5.43. The lowest BCUT2D eigenvalue weighted by Crippen LogP contribution is -2.29. The molecule has 2 nitrogen and oxygen atoms in total. The fraction of sp³-hybridized carbons (Fsp3) is 1.00. The van der Waals surface area contributed by atoms with Gasteiger partial charge in [-0.1, -0.05) is 0 Å². The molecular formula is C8H18N2S. The molecule has 1 rings (SSSR count). The van der Waals surface area contributed by atoms with Gasteiger partial charge in [-0.2, -0.15) is 11.8 Å². The summed E-state index contributed by atoms with van der Waals surface area (Å²) in [5.41, 5.74) is 0. The number of likely N-dealkylation sites (N-methyl/N-ethyl adjacent to an activating group) is 1. The molecule has 0 bridgehead atoms. The van der Waals surface area contributed by atoms with E-state index >= 15 is 0 Å². The van der Waals surface area contributed by atoms with E-state index in [2.05, 4.69) is 22.4 Å². The minimum Gasteiger partial charge on any atom is -0.318 e. The van der Waals surface area contributed by atoms with Gasteiger partial charge in [-0.25, -0.2) is 0 Å². The molecule has 1 saturated heterocycles. The average Bonchev–Trinajstić information content (AvgIpc) is 2.50. The van der Waals surface area contributed by atoms with Crippen molar-refractivity contribution < 1.29 is 0 Å². The molecule has 1 atom stereocenters. The van der Waals surface area contributed by atoms with E-state index < -0.39 is 0 Å². The van der Waals surface area contributed by atoms with E-state index in [0.717, 1.165) is 18.3 Å². The highest BCUT2D eigenvalue weighted by molar-refractivity contribution is 8.00. The third-order valence-corrected chi connectivity index (χ3v) is 3.35. The zero-order chi connectivity index (χ0) is 7.94. The molecule has 1 aliphatic heterocycles. The maximum atomic E-state index is 3.44. The van der Waals surface area contributed by atoms with Crippen LogP contribution in [0.25, 0.3) is 0 Å². The first kappa shape index (κ1) is 9.36. The molecule has 3 heteroatoms. The minimum atomic E-state index is 0.895. The predicted octanol–water partition coefficient (Wildman–Crippen LogP) is 0.691. The predicted molar refractivity (Wildman–Crippen MR) is 52.3 cm³/mol. The Morgan fingerprint density at radius 3 is 3.00 bits per heavy atom. The van der Waals surface area contributed by atoms with Crippen LogP contribution in [0.2, 0.25) is 0 Å². The maximum Gasteiger partial charge on any atom is 0.0172 e. The van der Waals surface area contributed by atoms with Gasteiger partial charge in [-0.15, -0.1) is 0 Å². The van der Waals surface area contributed by atoms with E-state index in [0.29, 0.717) is 0 Å². The van der Waals surface area contributed by atoms with Crippen molar-refractivity contribution in [2.75, 3.05) is 32.4 Å². The monoisotopic (exact) mass is 174 g/mol. The minimum absolute atomic E-state index is 0.895. The number of nitrogens with one attached hydrogen (secondary N) is 2. The summed E-state index contributed by atoms with van der Waals surface area (Å²) in [7, 11) is 1.99. The number of hydrogen-bond acceptors (Lipinski definition) is 3. The molecule has 0 aromatic rings. The number of hydrogen-bond donors (Lipinski definition) is 2. The molecule has 0 aliphatic carbocycles. The maximum absolute atomic E-state index is 3.44. The Bertz CT molecular complexity index is 92.1. The van der Waals surface area contributed by atoms with Crippen molar-refractivity contribution in [2.45, 2.75) is 18.1 Å². The van der Waals surface area contributed by atoms with E-state index in [1.54, 1.807) is 0 Å². The van der Waals surface area contributed by atoms with Gasteiger partial charge >= 0.3 is 0 Å². The van der Waals surface area contributed by atoms with Crippen LogP contribution in [0.3, 0.4) is 0 Å². The summed E-state index contributed by atoms with van der Waals surface area (Å²) in [6.07, 6.45) is 2.83. The number of thioether (sulfide) groups is 1. The molecule has 66 valence electrons. The van der Waals surface area contributed by atoms with Gasteiger partial charge in [0.25, 0.3) is 0 Å². The second kappa shape index (κ2) is 5.86. The van der Waals surface area contributed by atoms with Crippen LogP contribution in [-0.4, -0.2) is 37.7 Å². The van der Waals surface area contributed by atoms with Gasteiger partial charge in [0.05, 0.1) is 0 Å². The fourth-order valence-electron chi connectivity index (χ4n) is 1.28. The van der Waals surface area contributed by atoms with Crippen molar-refractivity contribution in [3.05, 3.63) is 0 Å². The van der Waals surface area contributed by atoms with Crippen LogP contribution in [0.5, 0.6) is 0 Å². The second-order valence-corrected chi connectivity index (χ2v) is 4.35. The molecular weight excluding hydrogens is 156 g/mol. The molecule has 0 spiro atoms. The van der Waals surface area contributed by atoms with Crippen LogP contribution < -0.4 is 10.6 Å². The van der Waals surface area contributed by atoms with E-state index in [1.807, 2.05) is 7.05 Å². The largest absolute Gasteiger partial charge is 0.318 e. The Kier molecular flexibility index (Phi) is 4.99. The van der Waals surface area contributed by atoms with Crippen LogP contribution in [-0.2, 0) is 0 Å². The molecule has 1 unspecified atom stereocenters. The quantitative estimate of drug-likeness (QED) is 0.600. The standard InChI is InChI=1S/C8H18N2S/c1-9-4-5-10-7-8-3-2-6-11-8/h8-10H,2-7H2,1H3. The van der Waals surface area contributed by atoms with E-state index in [-0.39, 0.29) is 0 Å². The molecule has 0 saturated carbocycles. The highest BCUT2D eigenvalue weighted by atomic mass is 32.2. The summed E-state index contributed by atoms with van der Waals surface area (Å²) in [6.45, 7) is 3.39. The Morgan fingerprint density at radius 2 is 2.36 bits per heavy atom. The lowest BCUT2D eigenvalue weighted by Gasteiger charge is -2.09. The SMILES string of the molecule is CNCCNCC1CCCS1. The smallest absolute Gasteiger partial charge is 0.0172 e. The normalized spacial score (nSPS) is 24.3. The van der Waals surface area contributed by atoms with Gasteiger partial charge in [0.2, 0.25) is 0 Å². The van der Waals surface area contributed by atoms with Gasteiger partial charge in [-0.05, 0) is 25.6 Å². The molecule has 1 fully saturated rings. The van der Waals surface area contributed by atoms with Crippen molar-refractivity contribution in [1.29, 1.82) is 0 Å². The Labute approximate surface area is 73.5 Å². The first-order valence-corrected chi connectivity index (χ1v) is 5.45. The summed E-state index contributed by atoms with van der Waals surface area (Å²) in [5, 5.41) is 7.46. The summed E-state index contributed by atoms with van der Waals surface area (Å²) in [6, 6.07) is 0. The molecule has 0 aromatic heterocycles. The highest BCUT2D eigenvalue weighted by Gasteiger charge is 2.13. The summed E-state index contributed by atoms with van der Waals surface area (Å²) in [5.74, 6) is 1.37. The molecule has 0 radical (unpaired) electrons. The van der Waals surface area contributed by atoms with Crippen molar-refractivity contribution in [2.24, 2.45) is 0 Å². The number of rotatable bonds is 5. The molecule has 11 heavy (non-hydrogen) atoms. The lowest BCUT2D eigenvalue weighted by atomic mass is 10.2. The molecule has 1 heterocycles. The topological polar surface area (TPSA) is 24.1 Å². The first-order valence-electron chi connectivity index (χ1n) is 4.40. The fourth-order valence-corrected chi connectivity index (χ4v) is 2.52. The third kappa shape index (κ3) is 3.99. The summed E-state index contributed by atoms with van der Waals surface area (Å²) >= 11 is 2.12. The van der Waals surface area contributed by atoms with Gasteiger partial charge in [0, 0.05) is 24.9 Å². The van der Waals surface area contributed by atoms with Crippen molar-refractivity contribution in [1.82, 2.24) is 10.6 Å². The van der Waals surface area contributed by atoms with Gasteiger partial charge < -0.3 is 10.6 Å². The van der Waals surface area contributed by atoms with Crippen LogP contribution in [0.15, 0.2) is 0 Å². The van der Waals surface area contributed by atoms with Crippen LogP contribution in [0.1, 0.15) is 12.8 Å². The zero-order valence-corrected chi connectivity index (χ0v) is 8.04. The third-order valence-electron chi connectivity index (χ3n) is 1.95. The molecule has 1 aliphatic rings. The Balaban J connectivity index is 1.86.